The Morgan fingerprint density at radius 3 is 2.37 bits per heavy atom. The second kappa shape index (κ2) is 9.65. The van der Waals surface area contributed by atoms with E-state index in [1.54, 1.807) is 0 Å². The molecule has 0 radical (unpaired) electrons. The summed E-state index contributed by atoms with van der Waals surface area (Å²) in [5.74, 6) is 2.87. The molecule has 2 heterocycles. The number of anilines is 1. The van der Waals surface area contributed by atoms with Crippen molar-refractivity contribution in [3.8, 4) is 0 Å². The Kier molecular flexibility index (Phi) is 7.41. The number of aryl methyl sites for hydroxylation is 2. The molecule has 1 N–H and O–H groups in total. The molecule has 4 atom stereocenters. The van der Waals surface area contributed by atoms with Crippen LogP contribution in [0.5, 0.6) is 0 Å². The first-order valence-corrected chi connectivity index (χ1v) is 12.1. The number of amides is 1. The zero-order valence-corrected chi connectivity index (χ0v) is 20.0. The number of rotatable bonds is 7. The summed E-state index contributed by atoms with van der Waals surface area (Å²) in [5.41, 5.74) is 2.51. The maximum absolute atomic E-state index is 12.9. The molecule has 1 saturated carbocycles. The standard InChI is InChI=1S/C25H42N4O/c1-7-20-13-21(8-2)27-24(26-20)28-22-10-9-18-15-29(16-19(18)12-22)23(30)11-17(3)14-25(4,5)6/h13,17-19,22H,7-12,14-16H2,1-6H3,(H,26,27,28). The van der Waals surface area contributed by atoms with Crippen molar-refractivity contribution in [1.29, 1.82) is 0 Å². The highest BCUT2D eigenvalue weighted by atomic mass is 16.2. The highest BCUT2D eigenvalue weighted by molar-refractivity contribution is 5.76. The second-order valence-electron chi connectivity index (χ2n) is 10.9. The summed E-state index contributed by atoms with van der Waals surface area (Å²) in [6.45, 7) is 15.2. The van der Waals surface area contributed by atoms with Crippen molar-refractivity contribution in [1.82, 2.24) is 14.9 Å². The Balaban J connectivity index is 1.54. The Morgan fingerprint density at radius 2 is 1.77 bits per heavy atom. The van der Waals surface area contributed by atoms with Gasteiger partial charge in [0.25, 0.3) is 0 Å². The van der Waals surface area contributed by atoms with Crippen LogP contribution in [0.2, 0.25) is 0 Å². The summed E-state index contributed by atoms with van der Waals surface area (Å²) >= 11 is 0. The van der Waals surface area contributed by atoms with E-state index in [1.165, 1.54) is 6.42 Å². The summed E-state index contributed by atoms with van der Waals surface area (Å²) in [4.78, 5) is 24.4. The van der Waals surface area contributed by atoms with Gasteiger partial charge in [0.05, 0.1) is 0 Å². The molecule has 5 heteroatoms. The third kappa shape index (κ3) is 6.18. The number of likely N-dealkylation sites (tertiary alicyclic amines) is 1. The van der Waals surface area contributed by atoms with Gasteiger partial charge in [0.1, 0.15) is 0 Å². The first kappa shape index (κ1) is 23.0. The van der Waals surface area contributed by atoms with Gasteiger partial charge in [0.15, 0.2) is 0 Å². The van der Waals surface area contributed by atoms with Crippen molar-refractivity contribution in [2.45, 2.75) is 92.5 Å². The second-order valence-corrected chi connectivity index (χ2v) is 10.9. The molecular weight excluding hydrogens is 372 g/mol. The molecule has 1 aliphatic carbocycles. The van der Waals surface area contributed by atoms with Crippen LogP contribution in [-0.2, 0) is 17.6 Å². The summed E-state index contributed by atoms with van der Waals surface area (Å²) in [6.07, 6.45) is 7.11. The number of nitrogens with zero attached hydrogens (tertiary/aromatic N) is 3. The third-order valence-corrected chi connectivity index (χ3v) is 6.78. The molecule has 1 aromatic rings. The minimum atomic E-state index is 0.284. The molecule has 0 bridgehead atoms. The molecule has 3 rings (SSSR count). The van der Waals surface area contributed by atoms with Crippen molar-refractivity contribution in [2.75, 3.05) is 18.4 Å². The summed E-state index contributed by atoms with van der Waals surface area (Å²) in [6, 6.07) is 2.53. The lowest BCUT2D eigenvalue weighted by Gasteiger charge is -2.31. The minimum absolute atomic E-state index is 0.284. The number of hydrogen-bond donors (Lipinski definition) is 1. The number of carbonyl (C=O) groups excluding carboxylic acids is 1. The molecule has 0 aromatic carbocycles. The van der Waals surface area contributed by atoms with Crippen LogP contribution in [-0.4, -0.2) is 39.9 Å². The van der Waals surface area contributed by atoms with E-state index in [-0.39, 0.29) is 5.41 Å². The number of fused-ring (bicyclic) bond motifs is 1. The van der Waals surface area contributed by atoms with Gasteiger partial charge in [-0.25, -0.2) is 9.97 Å². The molecule has 30 heavy (non-hydrogen) atoms. The minimum Gasteiger partial charge on any atom is -0.351 e. The first-order chi connectivity index (χ1) is 14.2. The van der Waals surface area contributed by atoms with E-state index < -0.39 is 0 Å². The Hall–Kier alpha value is -1.65. The lowest BCUT2D eigenvalue weighted by atomic mass is 9.79. The molecule has 2 aliphatic rings. The fourth-order valence-corrected chi connectivity index (χ4v) is 5.47. The third-order valence-electron chi connectivity index (χ3n) is 6.78. The van der Waals surface area contributed by atoms with Gasteiger partial charge in [-0.05, 0) is 67.8 Å². The van der Waals surface area contributed by atoms with Gasteiger partial charge in [0.2, 0.25) is 11.9 Å². The van der Waals surface area contributed by atoms with Gasteiger partial charge in [-0.2, -0.15) is 0 Å². The fraction of sp³-hybridized carbons (Fsp3) is 0.800. The van der Waals surface area contributed by atoms with E-state index in [9.17, 15) is 4.79 Å². The normalized spacial score (nSPS) is 25.1. The topological polar surface area (TPSA) is 58.1 Å². The van der Waals surface area contributed by atoms with Crippen molar-refractivity contribution < 1.29 is 4.79 Å². The van der Waals surface area contributed by atoms with Crippen LogP contribution < -0.4 is 5.32 Å². The number of nitrogens with one attached hydrogen (secondary N) is 1. The summed E-state index contributed by atoms with van der Waals surface area (Å²) in [7, 11) is 0. The molecule has 1 amide bonds. The van der Waals surface area contributed by atoms with Gasteiger partial charge < -0.3 is 10.2 Å². The molecule has 4 unspecified atom stereocenters. The molecule has 1 aliphatic heterocycles. The van der Waals surface area contributed by atoms with E-state index in [2.05, 4.69) is 57.8 Å². The van der Waals surface area contributed by atoms with Crippen LogP contribution in [0.4, 0.5) is 5.95 Å². The van der Waals surface area contributed by atoms with Crippen LogP contribution >= 0.6 is 0 Å². The molecular formula is C25H42N4O. The average Bonchev–Trinajstić information content (AvgIpc) is 3.09. The predicted molar refractivity (Wildman–Crippen MR) is 123 cm³/mol. The predicted octanol–water partition coefficient (Wildman–Crippen LogP) is 5.10. The zero-order valence-electron chi connectivity index (χ0n) is 20.0. The van der Waals surface area contributed by atoms with Crippen LogP contribution in [0.3, 0.4) is 0 Å². The molecule has 1 saturated heterocycles. The van der Waals surface area contributed by atoms with Gasteiger partial charge in [0, 0.05) is 36.9 Å². The maximum atomic E-state index is 12.9. The van der Waals surface area contributed by atoms with E-state index in [1.807, 2.05) is 0 Å². The molecule has 2 fully saturated rings. The first-order valence-electron chi connectivity index (χ1n) is 12.1. The molecule has 0 spiro atoms. The Bertz CT molecular complexity index is 704. The van der Waals surface area contributed by atoms with Crippen LogP contribution in [0.15, 0.2) is 6.07 Å². The van der Waals surface area contributed by atoms with Crippen LogP contribution in [0.25, 0.3) is 0 Å². The lowest BCUT2D eigenvalue weighted by Crippen LogP contribution is -2.33. The van der Waals surface area contributed by atoms with Crippen LogP contribution in [0.1, 0.15) is 85.0 Å². The number of aromatic nitrogens is 2. The SMILES string of the molecule is CCc1cc(CC)nc(NC2CCC3CN(C(=O)CC(C)CC(C)(C)C)CC3C2)n1. The Morgan fingerprint density at radius 1 is 1.13 bits per heavy atom. The molecule has 168 valence electrons. The molecule has 1 aromatic heterocycles. The lowest BCUT2D eigenvalue weighted by molar-refractivity contribution is -0.131. The summed E-state index contributed by atoms with van der Waals surface area (Å²) in [5, 5.41) is 3.62. The molecule has 5 nitrogen and oxygen atoms in total. The smallest absolute Gasteiger partial charge is 0.223 e. The largest absolute Gasteiger partial charge is 0.351 e. The highest BCUT2D eigenvalue weighted by Crippen LogP contribution is 2.38. The van der Waals surface area contributed by atoms with Crippen molar-refractivity contribution in [3.05, 3.63) is 17.5 Å². The fourth-order valence-electron chi connectivity index (χ4n) is 5.47. The summed E-state index contributed by atoms with van der Waals surface area (Å²) < 4.78 is 0. The van der Waals surface area contributed by atoms with E-state index in [0.717, 1.165) is 62.5 Å². The van der Waals surface area contributed by atoms with Gasteiger partial charge in [-0.3, -0.25) is 4.79 Å². The van der Waals surface area contributed by atoms with Crippen LogP contribution in [0, 0.1) is 23.2 Å². The van der Waals surface area contributed by atoms with Gasteiger partial charge >= 0.3 is 0 Å². The van der Waals surface area contributed by atoms with Crippen molar-refractivity contribution >= 4 is 11.9 Å². The van der Waals surface area contributed by atoms with E-state index in [4.69, 9.17) is 9.97 Å². The van der Waals surface area contributed by atoms with E-state index >= 15 is 0 Å². The van der Waals surface area contributed by atoms with E-state index in [0.29, 0.717) is 36.1 Å². The van der Waals surface area contributed by atoms with Crippen molar-refractivity contribution in [2.24, 2.45) is 23.2 Å². The Labute approximate surface area is 183 Å². The quantitative estimate of drug-likeness (QED) is 0.674. The van der Waals surface area contributed by atoms with Crippen molar-refractivity contribution in [3.63, 3.8) is 0 Å². The van der Waals surface area contributed by atoms with Gasteiger partial charge in [-0.15, -0.1) is 0 Å². The maximum Gasteiger partial charge on any atom is 0.223 e. The monoisotopic (exact) mass is 414 g/mol. The zero-order chi connectivity index (χ0) is 21.9. The number of carbonyl (C=O) groups is 1. The highest BCUT2D eigenvalue weighted by Gasteiger charge is 2.39. The average molecular weight is 415 g/mol. The van der Waals surface area contributed by atoms with Gasteiger partial charge in [-0.1, -0.05) is 41.5 Å². The number of hydrogen-bond acceptors (Lipinski definition) is 4.